The van der Waals surface area contributed by atoms with Crippen molar-refractivity contribution in [3.8, 4) is 17.4 Å². The number of hydrogen-bond donors (Lipinski definition) is 4. The topological polar surface area (TPSA) is 110 Å². The Kier molecular flexibility index (Phi) is 10.9. The lowest BCUT2D eigenvalue weighted by Gasteiger charge is -2.24. The van der Waals surface area contributed by atoms with E-state index in [4.69, 9.17) is 21.3 Å². The molecular weight excluding hydrogens is 536 g/mol. The first-order valence-corrected chi connectivity index (χ1v) is 14.3. The molecule has 1 heterocycles. The van der Waals surface area contributed by atoms with Crippen LogP contribution in [0.4, 0.5) is 0 Å². The molecule has 0 bridgehead atoms. The molecule has 0 radical (unpaired) electrons. The normalized spacial score (nSPS) is 16.1. The molecule has 1 amide bonds. The molecule has 2 unspecified atom stereocenters. The van der Waals surface area contributed by atoms with E-state index in [-0.39, 0.29) is 30.5 Å². The van der Waals surface area contributed by atoms with Gasteiger partial charge in [0, 0.05) is 36.3 Å². The fraction of sp³-hybridized carbons (Fsp3) is 0.333. The molecule has 214 valence electrons. The van der Waals surface area contributed by atoms with E-state index in [1.54, 1.807) is 12.1 Å². The van der Waals surface area contributed by atoms with Crippen LogP contribution >= 0.6 is 11.6 Å². The van der Waals surface area contributed by atoms with Crippen molar-refractivity contribution in [1.82, 2.24) is 16.0 Å². The number of rotatable bonds is 13. The highest BCUT2D eigenvalue weighted by molar-refractivity contribution is 6.34. The number of amides is 1. The second-order valence-corrected chi connectivity index (χ2v) is 10.8. The molecule has 1 aromatic heterocycles. The zero-order chi connectivity index (χ0) is 29.2. The Balaban J connectivity index is 1.41. The molecular formula is C33H37ClN4O3. The fourth-order valence-corrected chi connectivity index (χ4v) is 5.01. The molecule has 0 fully saturated rings. The van der Waals surface area contributed by atoms with Crippen molar-refractivity contribution in [3.05, 3.63) is 106 Å². The van der Waals surface area contributed by atoms with Crippen molar-refractivity contribution in [1.29, 1.82) is 5.26 Å². The van der Waals surface area contributed by atoms with Gasteiger partial charge in [0.25, 0.3) is 5.91 Å². The number of nitrogens with zero attached hydrogens (tertiary/aromatic N) is 1. The highest BCUT2D eigenvalue weighted by Crippen LogP contribution is 2.28. The van der Waals surface area contributed by atoms with Crippen LogP contribution in [-0.4, -0.2) is 36.8 Å². The largest absolute Gasteiger partial charge is 0.460 e. The Morgan fingerprint density at radius 3 is 2.71 bits per heavy atom. The maximum Gasteiger partial charge on any atom is 0.253 e. The number of aryl methyl sites for hydroxylation is 1. The van der Waals surface area contributed by atoms with Gasteiger partial charge in [-0.2, -0.15) is 5.26 Å². The molecule has 1 aliphatic rings. The minimum absolute atomic E-state index is 0.0116. The van der Waals surface area contributed by atoms with Gasteiger partial charge in [-0.25, -0.2) is 0 Å². The molecule has 0 spiro atoms. The van der Waals surface area contributed by atoms with E-state index < -0.39 is 0 Å². The van der Waals surface area contributed by atoms with Gasteiger partial charge in [0.1, 0.15) is 11.5 Å². The number of nitriles is 1. The Morgan fingerprint density at radius 2 is 2.00 bits per heavy atom. The highest BCUT2D eigenvalue weighted by atomic mass is 35.5. The third-order valence-electron chi connectivity index (χ3n) is 7.24. The van der Waals surface area contributed by atoms with Crippen LogP contribution in [0, 0.1) is 24.2 Å². The van der Waals surface area contributed by atoms with Gasteiger partial charge < -0.3 is 25.5 Å². The molecule has 3 aromatic rings. The fourth-order valence-electron chi connectivity index (χ4n) is 4.81. The minimum Gasteiger partial charge on any atom is -0.460 e. The van der Waals surface area contributed by atoms with E-state index in [2.05, 4.69) is 60.1 Å². The first-order chi connectivity index (χ1) is 19.9. The van der Waals surface area contributed by atoms with Gasteiger partial charge in [0.2, 0.25) is 0 Å². The number of allylic oxidation sites excluding steroid dienone is 4. The standard InChI is InChI=1S/C33H37ClN4O3/c1-22-3-9-26(10-4-22)23(2)37-21-29-12-14-32(41-29)27-11-13-31(34)30(18-27)33(40)38-28(20-36-15-16-39)17-24-5-7-25(19-35)8-6-24/h3-5,7-14,18,23-24,28,36-37,39H,6,15-17,20-21H2,1-2H3,(H,38,40)/t23?,24?,28-/m1/s1. The average Bonchev–Trinajstić information content (AvgIpc) is 3.46. The number of carbonyl (C=O) groups excluding carboxylic acids is 1. The van der Waals surface area contributed by atoms with Crippen LogP contribution in [0.15, 0.2) is 82.8 Å². The van der Waals surface area contributed by atoms with Gasteiger partial charge in [-0.15, -0.1) is 0 Å². The van der Waals surface area contributed by atoms with Crippen molar-refractivity contribution < 1.29 is 14.3 Å². The van der Waals surface area contributed by atoms with Gasteiger partial charge >= 0.3 is 0 Å². The van der Waals surface area contributed by atoms with Crippen molar-refractivity contribution in [2.45, 2.75) is 45.3 Å². The molecule has 1 aliphatic carbocycles. The van der Waals surface area contributed by atoms with Gasteiger partial charge in [-0.3, -0.25) is 4.79 Å². The van der Waals surface area contributed by atoms with Crippen molar-refractivity contribution >= 4 is 17.5 Å². The zero-order valence-electron chi connectivity index (χ0n) is 23.5. The third kappa shape index (κ3) is 8.66. The molecule has 41 heavy (non-hydrogen) atoms. The van der Waals surface area contributed by atoms with Crippen LogP contribution in [0.3, 0.4) is 0 Å². The Morgan fingerprint density at radius 1 is 1.20 bits per heavy atom. The van der Waals surface area contributed by atoms with Crippen LogP contribution in [0.1, 0.15) is 53.1 Å². The Labute approximate surface area is 246 Å². The monoisotopic (exact) mass is 572 g/mol. The lowest BCUT2D eigenvalue weighted by molar-refractivity contribution is 0.0932. The van der Waals surface area contributed by atoms with E-state index in [0.717, 1.165) is 17.7 Å². The summed E-state index contributed by atoms with van der Waals surface area (Å²) in [6.07, 6.45) is 7.18. The molecule has 3 atom stereocenters. The number of halogens is 1. The molecule has 8 heteroatoms. The van der Waals surface area contributed by atoms with E-state index in [0.29, 0.717) is 48.0 Å². The van der Waals surface area contributed by atoms with Crippen molar-refractivity contribution in [3.63, 3.8) is 0 Å². The summed E-state index contributed by atoms with van der Waals surface area (Å²) in [7, 11) is 0. The first kappa shape index (κ1) is 30.3. The van der Waals surface area contributed by atoms with Crippen LogP contribution in [-0.2, 0) is 6.54 Å². The number of nitrogens with one attached hydrogen (secondary N) is 3. The maximum atomic E-state index is 13.4. The summed E-state index contributed by atoms with van der Waals surface area (Å²) in [5.74, 6) is 1.37. The van der Waals surface area contributed by atoms with E-state index in [9.17, 15) is 9.90 Å². The van der Waals surface area contributed by atoms with E-state index in [1.165, 1.54) is 11.1 Å². The third-order valence-corrected chi connectivity index (χ3v) is 7.57. The predicted molar refractivity (Wildman–Crippen MR) is 162 cm³/mol. The molecule has 4 rings (SSSR count). The lowest BCUT2D eigenvalue weighted by Crippen LogP contribution is -2.43. The predicted octanol–water partition coefficient (Wildman–Crippen LogP) is 5.86. The summed E-state index contributed by atoms with van der Waals surface area (Å²) < 4.78 is 6.11. The van der Waals surface area contributed by atoms with Crippen molar-refractivity contribution in [2.75, 3.05) is 19.7 Å². The quantitative estimate of drug-likeness (QED) is 0.191. The summed E-state index contributed by atoms with van der Waals surface area (Å²) in [5, 5.41) is 28.4. The zero-order valence-corrected chi connectivity index (χ0v) is 24.2. The second-order valence-electron chi connectivity index (χ2n) is 10.4. The number of benzene rings is 2. The number of carbonyl (C=O) groups is 1. The van der Waals surface area contributed by atoms with E-state index >= 15 is 0 Å². The summed E-state index contributed by atoms with van der Waals surface area (Å²) in [5.41, 5.74) is 4.23. The number of furan rings is 1. The summed E-state index contributed by atoms with van der Waals surface area (Å²) in [6.45, 7) is 5.71. The van der Waals surface area contributed by atoms with Gasteiger partial charge in [-0.1, -0.05) is 53.6 Å². The maximum absolute atomic E-state index is 13.4. The van der Waals surface area contributed by atoms with Crippen LogP contribution < -0.4 is 16.0 Å². The molecule has 0 saturated carbocycles. The summed E-state index contributed by atoms with van der Waals surface area (Å²) in [4.78, 5) is 13.4. The Hall–Kier alpha value is -3.67. The highest BCUT2D eigenvalue weighted by Gasteiger charge is 2.21. The van der Waals surface area contributed by atoms with Crippen LogP contribution in [0.5, 0.6) is 0 Å². The molecule has 0 aliphatic heterocycles. The van der Waals surface area contributed by atoms with Gasteiger partial charge in [0.05, 0.1) is 29.8 Å². The molecule has 4 N–H and O–H groups in total. The molecule has 2 aromatic carbocycles. The van der Waals surface area contributed by atoms with Gasteiger partial charge in [-0.05, 0) is 74.6 Å². The first-order valence-electron chi connectivity index (χ1n) is 14.0. The Bertz CT molecular complexity index is 1420. The summed E-state index contributed by atoms with van der Waals surface area (Å²) >= 11 is 6.47. The number of aliphatic hydroxyl groups excluding tert-OH is 1. The summed E-state index contributed by atoms with van der Waals surface area (Å²) in [6, 6.07) is 19.7. The number of hydrogen-bond acceptors (Lipinski definition) is 6. The second kappa shape index (κ2) is 14.8. The number of aliphatic hydroxyl groups is 1. The molecule has 7 nitrogen and oxygen atoms in total. The SMILES string of the molecule is Cc1ccc(C(C)NCc2ccc(-c3ccc(Cl)c(C(=O)N[C@@H](CNCCO)CC4C=CC(C#N)=CC4)c3)o2)cc1. The van der Waals surface area contributed by atoms with Crippen LogP contribution in [0.2, 0.25) is 5.02 Å². The lowest BCUT2D eigenvalue weighted by atomic mass is 9.91. The average molecular weight is 573 g/mol. The van der Waals surface area contributed by atoms with E-state index in [1.807, 2.05) is 36.4 Å². The minimum atomic E-state index is -0.277. The van der Waals surface area contributed by atoms with Crippen molar-refractivity contribution in [2.24, 2.45) is 5.92 Å². The molecule has 0 saturated heterocycles. The smallest absolute Gasteiger partial charge is 0.253 e. The van der Waals surface area contributed by atoms with Crippen LogP contribution in [0.25, 0.3) is 11.3 Å². The van der Waals surface area contributed by atoms with Gasteiger partial charge in [0.15, 0.2) is 0 Å².